The highest BCUT2D eigenvalue weighted by Crippen LogP contribution is 2.07. The van der Waals surface area contributed by atoms with Gasteiger partial charge < -0.3 is 14.8 Å². The zero-order chi connectivity index (χ0) is 8.39. The molecule has 5 heteroatoms. The number of nitrogens with zero attached hydrogens (tertiary/aromatic N) is 4. The molecule has 1 aliphatic heterocycles. The highest BCUT2D eigenvalue weighted by molar-refractivity contribution is 5.29. The minimum atomic E-state index is 0.969. The van der Waals surface area contributed by atoms with E-state index in [0.717, 1.165) is 32.1 Å². The number of nitrogens with one attached hydrogen (secondary N) is 1. The Morgan fingerprint density at radius 1 is 1.42 bits per heavy atom. The summed E-state index contributed by atoms with van der Waals surface area (Å²) >= 11 is 0. The Labute approximate surface area is 71.4 Å². The normalized spacial score (nSPS) is 18.2. The summed E-state index contributed by atoms with van der Waals surface area (Å²) in [5.74, 6) is 0.969. The Balaban J connectivity index is 2.13. The fourth-order valence-corrected chi connectivity index (χ4v) is 1.43. The maximum atomic E-state index is 4.05. The minimum Gasteiger partial charge on any atom is -0.338 e. The van der Waals surface area contributed by atoms with Crippen LogP contribution in [0, 0.1) is 0 Å². The van der Waals surface area contributed by atoms with Crippen molar-refractivity contribution < 1.29 is 0 Å². The second-order valence-corrected chi connectivity index (χ2v) is 2.98. The first-order valence-electron chi connectivity index (χ1n) is 4.17. The van der Waals surface area contributed by atoms with Crippen molar-refractivity contribution in [3.8, 4) is 0 Å². The zero-order valence-corrected chi connectivity index (χ0v) is 7.19. The first kappa shape index (κ1) is 7.54. The number of anilines is 1. The van der Waals surface area contributed by atoms with Crippen molar-refractivity contribution in [2.45, 2.75) is 0 Å². The molecule has 2 rings (SSSR count). The number of rotatable bonds is 1. The first-order chi connectivity index (χ1) is 5.88. The van der Waals surface area contributed by atoms with Gasteiger partial charge in [-0.2, -0.15) is 0 Å². The number of aromatic nitrogens is 3. The summed E-state index contributed by atoms with van der Waals surface area (Å²) in [4.78, 5) is 2.24. The van der Waals surface area contributed by atoms with Gasteiger partial charge in [-0.15, -0.1) is 10.2 Å². The van der Waals surface area contributed by atoms with Gasteiger partial charge in [-0.1, -0.05) is 0 Å². The van der Waals surface area contributed by atoms with Gasteiger partial charge in [0.15, 0.2) is 0 Å². The molecule has 12 heavy (non-hydrogen) atoms. The van der Waals surface area contributed by atoms with Crippen molar-refractivity contribution in [3.63, 3.8) is 0 Å². The third kappa shape index (κ3) is 1.27. The molecule has 0 bridgehead atoms. The van der Waals surface area contributed by atoms with Crippen LogP contribution in [-0.4, -0.2) is 40.9 Å². The second-order valence-electron chi connectivity index (χ2n) is 2.98. The molecule has 1 aromatic heterocycles. The van der Waals surface area contributed by atoms with E-state index in [0.29, 0.717) is 0 Å². The molecule has 66 valence electrons. The van der Waals surface area contributed by atoms with Crippen molar-refractivity contribution in [1.82, 2.24) is 20.1 Å². The van der Waals surface area contributed by atoms with Crippen LogP contribution in [0.5, 0.6) is 0 Å². The standard InChI is InChI=1S/C7H13N5/c1-11-6-9-10-7(11)12-4-2-8-3-5-12/h6,8H,2-5H2,1H3. The monoisotopic (exact) mass is 167 g/mol. The summed E-state index contributed by atoms with van der Waals surface area (Å²) in [6.07, 6.45) is 1.73. The molecule has 5 nitrogen and oxygen atoms in total. The molecule has 1 aliphatic rings. The molecule has 1 N–H and O–H groups in total. The van der Waals surface area contributed by atoms with Crippen molar-refractivity contribution in [3.05, 3.63) is 6.33 Å². The second kappa shape index (κ2) is 3.10. The third-order valence-electron chi connectivity index (χ3n) is 2.09. The van der Waals surface area contributed by atoms with Gasteiger partial charge in [-0.05, 0) is 0 Å². The summed E-state index contributed by atoms with van der Waals surface area (Å²) in [6, 6.07) is 0. The average Bonchev–Trinajstić information content (AvgIpc) is 2.53. The SMILES string of the molecule is Cn1cnnc1N1CCNCC1. The van der Waals surface area contributed by atoms with Crippen LogP contribution >= 0.6 is 0 Å². The largest absolute Gasteiger partial charge is 0.338 e. The van der Waals surface area contributed by atoms with Gasteiger partial charge in [0, 0.05) is 33.2 Å². The van der Waals surface area contributed by atoms with Crippen LogP contribution < -0.4 is 10.2 Å². The maximum absolute atomic E-state index is 4.05. The molecular formula is C7H13N5. The van der Waals surface area contributed by atoms with E-state index < -0.39 is 0 Å². The van der Waals surface area contributed by atoms with E-state index in [1.54, 1.807) is 6.33 Å². The Morgan fingerprint density at radius 3 is 2.75 bits per heavy atom. The molecule has 1 aromatic rings. The van der Waals surface area contributed by atoms with Crippen LogP contribution in [-0.2, 0) is 7.05 Å². The quantitative estimate of drug-likeness (QED) is 0.596. The Bertz CT molecular complexity index is 250. The lowest BCUT2D eigenvalue weighted by Crippen LogP contribution is -2.44. The number of aryl methyl sites for hydroxylation is 1. The van der Waals surface area contributed by atoms with Crippen LogP contribution in [0.4, 0.5) is 5.95 Å². The van der Waals surface area contributed by atoms with Gasteiger partial charge in [0.25, 0.3) is 0 Å². The summed E-state index contributed by atoms with van der Waals surface area (Å²) in [6.45, 7) is 4.11. The lowest BCUT2D eigenvalue weighted by atomic mass is 10.4. The molecule has 0 atom stereocenters. The number of piperazine rings is 1. The molecule has 0 saturated carbocycles. The van der Waals surface area contributed by atoms with Crippen LogP contribution in [0.2, 0.25) is 0 Å². The predicted octanol–water partition coefficient (Wildman–Crippen LogP) is -0.775. The third-order valence-corrected chi connectivity index (χ3v) is 2.09. The minimum absolute atomic E-state index is 0.969. The van der Waals surface area contributed by atoms with Crippen LogP contribution in [0.25, 0.3) is 0 Å². The molecule has 1 fully saturated rings. The highest BCUT2D eigenvalue weighted by atomic mass is 15.4. The van der Waals surface area contributed by atoms with Gasteiger partial charge in [0.05, 0.1) is 0 Å². The number of hydrogen-bond acceptors (Lipinski definition) is 4. The predicted molar refractivity (Wildman–Crippen MR) is 46.1 cm³/mol. The summed E-state index contributed by atoms with van der Waals surface area (Å²) in [5.41, 5.74) is 0. The van der Waals surface area contributed by atoms with Gasteiger partial charge in [-0.3, -0.25) is 0 Å². The van der Waals surface area contributed by atoms with Crippen molar-refractivity contribution in [2.24, 2.45) is 7.05 Å². The van der Waals surface area contributed by atoms with E-state index in [1.807, 2.05) is 11.6 Å². The van der Waals surface area contributed by atoms with E-state index in [-0.39, 0.29) is 0 Å². The van der Waals surface area contributed by atoms with Crippen LogP contribution in [0.1, 0.15) is 0 Å². The Hall–Kier alpha value is -1.10. The van der Waals surface area contributed by atoms with E-state index in [1.165, 1.54) is 0 Å². The van der Waals surface area contributed by atoms with Gasteiger partial charge in [-0.25, -0.2) is 0 Å². The highest BCUT2D eigenvalue weighted by Gasteiger charge is 2.13. The molecule has 0 aliphatic carbocycles. The molecule has 0 amide bonds. The summed E-state index contributed by atoms with van der Waals surface area (Å²) in [5, 5.41) is 11.2. The van der Waals surface area contributed by atoms with Gasteiger partial charge in [0.1, 0.15) is 6.33 Å². The molecule has 1 saturated heterocycles. The summed E-state index contributed by atoms with van der Waals surface area (Å²) in [7, 11) is 1.97. The lowest BCUT2D eigenvalue weighted by molar-refractivity contribution is 0.573. The summed E-state index contributed by atoms with van der Waals surface area (Å²) < 4.78 is 1.95. The van der Waals surface area contributed by atoms with Gasteiger partial charge in [0.2, 0.25) is 5.95 Å². The zero-order valence-electron chi connectivity index (χ0n) is 7.19. The van der Waals surface area contributed by atoms with E-state index in [9.17, 15) is 0 Å². The molecule has 0 radical (unpaired) electrons. The first-order valence-corrected chi connectivity index (χ1v) is 4.17. The Morgan fingerprint density at radius 2 is 2.17 bits per heavy atom. The fraction of sp³-hybridized carbons (Fsp3) is 0.714. The number of hydrogen-bond donors (Lipinski definition) is 1. The molecule has 0 spiro atoms. The van der Waals surface area contributed by atoms with Crippen LogP contribution in [0.15, 0.2) is 6.33 Å². The van der Waals surface area contributed by atoms with Crippen molar-refractivity contribution >= 4 is 5.95 Å². The average molecular weight is 167 g/mol. The van der Waals surface area contributed by atoms with Crippen molar-refractivity contribution in [2.75, 3.05) is 31.1 Å². The Kier molecular flexibility index (Phi) is 1.95. The topological polar surface area (TPSA) is 46.0 Å². The maximum Gasteiger partial charge on any atom is 0.226 e. The van der Waals surface area contributed by atoms with E-state index >= 15 is 0 Å². The van der Waals surface area contributed by atoms with E-state index in [2.05, 4.69) is 20.4 Å². The fourth-order valence-electron chi connectivity index (χ4n) is 1.43. The molecule has 0 aromatic carbocycles. The lowest BCUT2D eigenvalue weighted by Gasteiger charge is -2.27. The molecule has 2 heterocycles. The van der Waals surface area contributed by atoms with E-state index in [4.69, 9.17) is 0 Å². The van der Waals surface area contributed by atoms with Crippen molar-refractivity contribution in [1.29, 1.82) is 0 Å². The molecular weight excluding hydrogens is 154 g/mol. The molecule has 0 unspecified atom stereocenters. The van der Waals surface area contributed by atoms with Gasteiger partial charge >= 0.3 is 0 Å². The smallest absolute Gasteiger partial charge is 0.226 e. The van der Waals surface area contributed by atoms with Crippen LogP contribution in [0.3, 0.4) is 0 Å².